The molecule has 0 radical (unpaired) electrons. The van der Waals surface area contributed by atoms with Crippen molar-refractivity contribution >= 4 is 27.3 Å². The van der Waals surface area contributed by atoms with Gasteiger partial charge in [0.25, 0.3) is 5.91 Å². The van der Waals surface area contributed by atoms with E-state index in [1.165, 1.54) is 7.11 Å². The Hall–Kier alpha value is -2.87. The predicted octanol–water partition coefficient (Wildman–Crippen LogP) is 1.87. The topological polar surface area (TPSA) is 102 Å². The third-order valence-corrected chi connectivity index (χ3v) is 4.77. The van der Waals surface area contributed by atoms with Crippen molar-refractivity contribution in [2.45, 2.75) is 12.5 Å². The molecule has 0 saturated carbocycles. The van der Waals surface area contributed by atoms with Crippen LogP contribution in [0.2, 0.25) is 0 Å². The standard InChI is InChI=1S/C19H22N2O5S/c1-26-16-10-8-15(9-11-16)20-19(23)17(12-13-27(2,24)25)21-18(22)14-6-4-3-5-7-14/h3-11,17H,12-13H2,1-2H3,(H,20,23)(H,21,22)/t17-/m1/s1. The Morgan fingerprint density at radius 2 is 1.67 bits per heavy atom. The minimum atomic E-state index is -3.28. The van der Waals surface area contributed by atoms with Gasteiger partial charge in [-0.05, 0) is 42.8 Å². The second kappa shape index (κ2) is 9.18. The first-order chi connectivity index (χ1) is 12.8. The van der Waals surface area contributed by atoms with Gasteiger partial charge in [0.2, 0.25) is 5.91 Å². The van der Waals surface area contributed by atoms with Crippen LogP contribution < -0.4 is 15.4 Å². The quantitative estimate of drug-likeness (QED) is 0.716. The molecule has 144 valence electrons. The molecule has 0 unspecified atom stereocenters. The van der Waals surface area contributed by atoms with Crippen molar-refractivity contribution in [2.24, 2.45) is 0 Å². The van der Waals surface area contributed by atoms with Gasteiger partial charge in [0.1, 0.15) is 21.6 Å². The maximum absolute atomic E-state index is 12.6. The zero-order valence-electron chi connectivity index (χ0n) is 15.1. The Labute approximate surface area is 158 Å². The Morgan fingerprint density at radius 3 is 2.22 bits per heavy atom. The van der Waals surface area contributed by atoms with Gasteiger partial charge in [0.05, 0.1) is 12.9 Å². The van der Waals surface area contributed by atoms with Gasteiger partial charge in [-0.15, -0.1) is 0 Å². The van der Waals surface area contributed by atoms with Crippen LogP contribution in [0.1, 0.15) is 16.8 Å². The number of carbonyl (C=O) groups excluding carboxylic acids is 2. The summed E-state index contributed by atoms with van der Waals surface area (Å²) in [5, 5.41) is 5.29. The van der Waals surface area contributed by atoms with Gasteiger partial charge in [0, 0.05) is 17.5 Å². The van der Waals surface area contributed by atoms with Gasteiger partial charge >= 0.3 is 0 Å². The number of ether oxygens (including phenoxy) is 1. The lowest BCUT2D eigenvalue weighted by molar-refractivity contribution is -0.118. The lowest BCUT2D eigenvalue weighted by Gasteiger charge is -2.18. The molecule has 1 atom stereocenters. The smallest absolute Gasteiger partial charge is 0.251 e. The van der Waals surface area contributed by atoms with Crippen molar-refractivity contribution < 1.29 is 22.7 Å². The summed E-state index contributed by atoms with van der Waals surface area (Å²) < 4.78 is 28.0. The molecule has 0 aliphatic carbocycles. The number of sulfone groups is 1. The number of anilines is 1. The highest BCUT2D eigenvalue weighted by Gasteiger charge is 2.23. The summed E-state index contributed by atoms with van der Waals surface area (Å²) in [6, 6.07) is 14.1. The largest absolute Gasteiger partial charge is 0.497 e. The highest BCUT2D eigenvalue weighted by molar-refractivity contribution is 7.90. The first-order valence-corrected chi connectivity index (χ1v) is 10.3. The Bertz CT molecular complexity index is 880. The lowest BCUT2D eigenvalue weighted by atomic mass is 10.1. The molecule has 2 amide bonds. The van der Waals surface area contributed by atoms with Crippen LogP contribution in [-0.4, -0.2) is 45.4 Å². The number of hydrogen-bond acceptors (Lipinski definition) is 5. The number of benzene rings is 2. The molecule has 0 spiro atoms. The van der Waals surface area contributed by atoms with E-state index in [0.717, 1.165) is 6.26 Å². The van der Waals surface area contributed by atoms with Gasteiger partial charge in [-0.25, -0.2) is 8.42 Å². The fourth-order valence-corrected chi connectivity index (χ4v) is 3.00. The summed E-state index contributed by atoms with van der Waals surface area (Å²) in [5.74, 6) is -0.519. The van der Waals surface area contributed by atoms with Crippen LogP contribution in [0, 0.1) is 0 Å². The van der Waals surface area contributed by atoms with Gasteiger partial charge < -0.3 is 15.4 Å². The summed E-state index contributed by atoms with van der Waals surface area (Å²) in [6.45, 7) is 0. The summed E-state index contributed by atoms with van der Waals surface area (Å²) in [5.41, 5.74) is 0.901. The van der Waals surface area contributed by atoms with E-state index >= 15 is 0 Å². The van der Waals surface area contributed by atoms with Crippen LogP contribution in [-0.2, 0) is 14.6 Å². The Kier molecular flexibility index (Phi) is 6.95. The van der Waals surface area contributed by atoms with E-state index in [1.54, 1.807) is 54.6 Å². The number of amides is 2. The van der Waals surface area contributed by atoms with E-state index in [9.17, 15) is 18.0 Å². The fourth-order valence-electron chi connectivity index (χ4n) is 2.34. The SMILES string of the molecule is COc1ccc(NC(=O)[C@@H](CCS(C)(=O)=O)NC(=O)c2ccccc2)cc1. The van der Waals surface area contributed by atoms with Crippen molar-refractivity contribution in [1.29, 1.82) is 0 Å². The maximum Gasteiger partial charge on any atom is 0.251 e. The molecule has 2 aromatic carbocycles. The summed E-state index contributed by atoms with van der Waals surface area (Å²) >= 11 is 0. The van der Waals surface area contributed by atoms with Crippen molar-refractivity contribution in [3.63, 3.8) is 0 Å². The molecule has 8 heteroatoms. The first kappa shape index (κ1) is 20.4. The number of methoxy groups -OCH3 is 1. The molecule has 0 bridgehead atoms. The molecular weight excluding hydrogens is 368 g/mol. The second-order valence-electron chi connectivity index (χ2n) is 6.03. The fraction of sp³-hybridized carbons (Fsp3) is 0.263. The third kappa shape index (κ3) is 6.74. The van der Waals surface area contributed by atoms with Crippen LogP contribution in [0.4, 0.5) is 5.69 Å². The molecule has 0 saturated heterocycles. The van der Waals surface area contributed by atoms with E-state index in [-0.39, 0.29) is 12.2 Å². The first-order valence-electron chi connectivity index (χ1n) is 8.27. The van der Waals surface area contributed by atoms with Gasteiger partial charge in [-0.3, -0.25) is 9.59 Å². The highest BCUT2D eigenvalue weighted by Crippen LogP contribution is 2.15. The number of hydrogen-bond donors (Lipinski definition) is 2. The normalized spacial score (nSPS) is 12.1. The predicted molar refractivity (Wildman–Crippen MR) is 104 cm³/mol. The van der Waals surface area contributed by atoms with Crippen LogP contribution >= 0.6 is 0 Å². The third-order valence-electron chi connectivity index (χ3n) is 3.79. The minimum Gasteiger partial charge on any atom is -0.497 e. The summed E-state index contributed by atoms with van der Waals surface area (Å²) in [4.78, 5) is 25.0. The average molecular weight is 390 g/mol. The van der Waals surface area contributed by atoms with Crippen molar-refractivity contribution in [3.05, 3.63) is 60.2 Å². The maximum atomic E-state index is 12.6. The molecule has 27 heavy (non-hydrogen) atoms. The average Bonchev–Trinajstić information content (AvgIpc) is 2.65. The van der Waals surface area contributed by atoms with Crippen molar-refractivity contribution in [3.8, 4) is 5.75 Å². The Morgan fingerprint density at radius 1 is 1.04 bits per heavy atom. The molecule has 0 aliphatic rings. The van der Waals surface area contributed by atoms with Crippen LogP contribution in [0.5, 0.6) is 5.75 Å². The molecule has 0 fully saturated rings. The summed E-state index contributed by atoms with van der Waals surface area (Å²) in [6.07, 6.45) is 1.06. The minimum absolute atomic E-state index is 0.0284. The van der Waals surface area contributed by atoms with Crippen LogP contribution in [0.25, 0.3) is 0 Å². The molecule has 0 heterocycles. The monoisotopic (exact) mass is 390 g/mol. The highest BCUT2D eigenvalue weighted by atomic mass is 32.2. The lowest BCUT2D eigenvalue weighted by Crippen LogP contribution is -2.44. The van der Waals surface area contributed by atoms with E-state index in [0.29, 0.717) is 17.0 Å². The second-order valence-corrected chi connectivity index (χ2v) is 8.29. The van der Waals surface area contributed by atoms with Crippen LogP contribution in [0.3, 0.4) is 0 Å². The van der Waals surface area contributed by atoms with Gasteiger partial charge in [0.15, 0.2) is 0 Å². The van der Waals surface area contributed by atoms with Gasteiger partial charge in [-0.2, -0.15) is 0 Å². The molecule has 2 rings (SSSR count). The van der Waals surface area contributed by atoms with E-state index in [4.69, 9.17) is 4.74 Å². The van der Waals surface area contributed by atoms with Crippen LogP contribution in [0.15, 0.2) is 54.6 Å². The number of carbonyl (C=O) groups is 2. The van der Waals surface area contributed by atoms with Crippen molar-refractivity contribution in [2.75, 3.05) is 24.4 Å². The molecule has 0 aliphatic heterocycles. The van der Waals surface area contributed by atoms with E-state index < -0.39 is 27.7 Å². The molecule has 2 aromatic rings. The van der Waals surface area contributed by atoms with E-state index in [1.807, 2.05) is 0 Å². The Balaban J connectivity index is 2.12. The molecular formula is C19H22N2O5S. The van der Waals surface area contributed by atoms with E-state index in [2.05, 4.69) is 10.6 Å². The van der Waals surface area contributed by atoms with Gasteiger partial charge in [-0.1, -0.05) is 18.2 Å². The zero-order chi connectivity index (χ0) is 19.9. The number of rotatable bonds is 8. The molecule has 7 nitrogen and oxygen atoms in total. The van der Waals surface area contributed by atoms with Crippen molar-refractivity contribution in [1.82, 2.24) is 5.32 Å². The number of nitrogens with one attached hydrogen (secondary N) is 2. The molecule has 2 N–H and O–H groups in total. The summed E-state index contributed by atoms with van der Waals surface area (Å²) in [7, 11) is -1.75. The zero-order valence-corrected chi connectivity index (χ0v) is 16.0. The molecule has 0 aromatic heterocycles.